The van der Waals surface area contributed by atoms with Gasteiger partial charge in [0.05, 0.1) is 6.26 Å². The van der Waals surface area contributed by atoms with Gasteiger partial charge in [0.15, 0.2) is 5.82 Å². The predicted octanol–water partition coefficient (Wildman–Crippen LogP) is 2.67. The van der Waals surface area contributed by atoms with Crippen LogP contribution in [0.4, 0.5) is 5.69 Å². The van der Waals surface area contributed by atoms with Crippen molar-refractivity contribution in [1.29, 1.82) is 0 Å². The molecule has 0 saturated heterocycles. The minimum Gasteiger partial charge on any atom is -0.465 e. The van der Waals surface area contributed by atoms with Gasteiger partial charge in [-0.25, -0.2) is 0 Å². The van der Waals surface area contributed by atoms with Crippen molar-refractivity contribution in [1.82, 2.24) is 20.2 Å². The lowest BCUT2D eigenvalue weighted by atomic mass is 10.2. The van der Waals surface area contributed by atoms with E-state index in [0.717, 1.165) is 5.56 Å². The molecular formula is C21H16N6O3. The molecule has 4 rings (SSSR count). The summed E-state index contributed by atoms with van der Waals surface area (Å²) < 4.78 is 6.70. The second-order valence-electron chi connectivity index (χ2n) is 6.22. The largest absolute Gasteiger partial charge is 0.465 e. The highest BCUT2D eigenvalue weighted by molar-refractivity contribution is 6.24. The van der Waals surface area contributed by atoms with E-state index in [1.807, 2.05) is 30.3 Å². The van der Waals surface area contributed by atoms with E-state index < -0.39 is 11.8 Å². The van der Waals surface area contributed by atoms with Crippen molar-refractivity contribution >= 4 is 29.3 Å². The number of aromatic nitrogens is 4. The van der Waals surface area contributed by atoms with Crippen LogP contribution in [-0.4, -0.2) is 32.0 Å². The Bertz CT molecular complexity index is 1200. The minimum atomic E-state index is -0.549. The maximum atomic E-state index is 13.1. The van der Waals surface area contributed by atoms with Crippen molar-refractivity contribution in [2.45, 2.75) is 0 Å². The molecule has 2 aromatic heterocycles. The Morgan fingerprint density at radius 2 is 1.77 bits per heavy atom. The Morgan fingerprint density at radius 1 is 1.00 bits per heavy atom. The number of rotatable bonds is 6. The molecule has 0 aliphatic rings. The van der Waals surface area contributed by atoms with Gasteiger partial charge >= 0.3 is 0 Å². The number of primary amides is 1. The molecule has 2 aromatic carbocycles. The van der Waals surface area contributed by atoms with Gasteiger partial charge < -0.3 is 15.5 Å². The van der Waals surface area contributed by atoms with Crippen LogP contribution in [0.25, 0.3) is 23.2 Å². The van der Waals surface area contributed by atoms with Crippen LogP contribution >= 0.6 is 0 Å². The Morgan fingerprint density at radius 3 is 2.43 bits per heavy atom. The van der Waals surface area contributed by atoms with Crippen LogP contribution in [0.3, 0.4) is 0 Å². The second kappa shape index (κ2) is 8.23. The first-order chi connectivity index (χ1) is 14.6. The van der Waals surface area contributed by atoms with E-state index in [1.54, 1.807) is 24.3 Å². The summed E-state index contributed by atoms with van der Waals surface area (Å²) in [5, 5.41) is 14.6. The molecule has 0 spiro atoms. The van der Waals surface area contributed by atoms with Gasteiger partial charge in [0.1, 0.15) is 11.5 Å². The summed E-state index contributed by atoms with van der Waals surface area (Å²) in [6.07, 6.45) is 3.04. The van der Waals surface area contributed by atoms with Crippen LogP contribution in [-0.2, 0) is 4.79 Å². The molecule has 4 aromatic rings. The maximum absolute atomic E-state index is 13.1. The van der Waals surface area contributed by atoms with Crippen LogP contribution < -0.4 is 11.1 Å². The molecule has 3 N–H and O–H groups in total. The van der Waals surface area contributed by atoms with Gasteiger partial charge in [0, 0.05) is 22.9 Å². The van der Waals surface area contributed by atoms with Gasteiger partial charge in [0.2, 0.25) is 5.91 Å². The fourth-order valence-electron chi connectivity index (χ4n) is 2.76. The van der Waals surface area contributed by atoms with Gasteiger partial charge in [0.25, 0.3) is 5.91 Å². The van der Waals surface area contributed by atoms with Crippen LogP contribution in [0.5, 0.6) is 0 Å². The summed E-state index contributed by atoms with van der Waals surface area (Å²) in [5.74, 6) is -0.165. The number of anilines is 1. The van der Waals surface area contributed by atoms with Crippen molar-refractivity contribution < 1.29 is 14.0 Å². The monoisotopic (exact) mass is 400 g/mol. The Labute approximate surface area is 170 Å². The highest BCUT2D eigenvalue weighted by Crippen LogP contribution is 2.22. The first-order valence-electron chi connectivity index (χ1n) is 8.92. The van der Waals surface area contributed by atoms with Gasteiger partial charge in [-0.2, -0.15) is 4.68 Å². The molecule has 9 nitrogen and oxygen atoms in total. The number of hydrogen-bond donors (Lipinski definition) is 2. The molecule has 0 radical (unpaired) electrons. The smallest absolute Gasteiger partial charge is 0.274 e. The van der Waals surface area contributed by atoms with Gasteiger partial charge in [-0.05, 0) is 46.8 Å². The number of furan rings is 1. The zero-order valence-corrected chi connectivity index (χ0v) is 15.6. The number of benzene rings is 2. The summed E-state index contributed by atoms with van der Waals surface area (Å²) in [6, 6.07) is 18.9. The van der Waals surface area contributed by atoms with E-state index >= 15 is 0 Å². The van der Waals surface area contributed by atoms with Crippen molar-refractivity contribution in [2.75, 3.05) is 5.32 Å². The highest BCUT2D eigenvalue weighted by atomic mass is 16.3. The van der Waals surface area contributed by atoms with E-state index in [4.69, 9.17) is 10.2 Å². The summed E-state index contributed by atoms with van der Waals surface area (Å²) in [5.41, 5.74) is 6.96. The van der Waals surface area contributed by atoms with E-state index in [2.05, 4.69) is 20.8 Å². The zero-order valence-electron chi connectivity index (χ0n) is 15.6. The average Bonchev–Trinajstić information content (AvgIpc) is 3.45. The average molecular weight is 400 g/mol. The third-order valence-corrected chi connectivity index (χ3v) is 4.21. The van der Waals surface area contributed by atoms with Gasteiger partial charge in [-0.1, -0.05) is 30.3 Å². The number of tetrazole rings is 1. The lowest BCUT2D eigenvalue weighted by Gasteiger charge is -2.10. The van der Waals surface area contributed by atoms with E-state index in [-0.39, 0.29) is 5.70 Å². The van der Waals surface area contributed by atoms with Gasteiger partial charge in [-0.3, -0.25) is 9.59 Å². The molecule has 0 unspecified atom stereocenters. The Kier molecular flexibility index (Phi) is 5.16. The normalized spacial score (nSPS) is 11.3. The summed E-state index contributed by atoms with van der Waals surface area (Å²) >= 11 is 0. The highest BCUT2D eigenvalue weighted by Gasteiger charge is 2.20. The van der Waals surface area contributed by atoms with Crippen LogP contribution in [0, 0.1) is 0 Å². The maximum Gasteiger partial charge on any atom is 0.274 e. The van der Waals surface area contributed by atoms with Crippen LogP contribution in [0.2, 0.25) is 0 Å². The standard InChI is InChI=1S/C21H16N6O3/c22-19(28)14-8-10-16(11-9-14)23-21(29)18(13-17-7-4-12-30-17)27-20(24-25-26-27)15-5-2-1-3-6-15/h1-13H,(H2,22,28)(H,23,29). The number of nitrogens with zero attached hydrogens (tertiary/aromatic N) is 4. The molecule has 2 heterocycles. The number of carbonyl (C=O) groups is 2. The van der Waals surface area contributed by atoms with Crippen LogP contribution in [0.15, 0.2) is 77.4 Å². The predicted molar refractivity (Wildman–Crippen MR) is 110 cm³/mol. The molecule has 9 heteroatoms. The Hall–Kier alpha value is -4.53. The first kappa shape index (κ1) is 18.8. The molecule has 0 fully saturated rings. The molecule has 0 aliphatic carbocycles. The second-order valence-corrected chi connectivity index (χ2v) is 6.22. The number of hydrogen-bond acceptors (Lipinski definition) is 6. The van der Waals surface area contributed by atoms with E-state index in [1.165, 1.54) is 29.2 Å². The van der Waals surface area contributed by atoms with Crippen molar-refractivity contribution in [3.8, 4) is 11.4 Å². The molecular weight excluding hydrogens is 384 g/mol. The number of carbonyl (C=O) groups excluding carboxylic acids is 2. The summed E-state index contributed by atoms with van der Waals surface area (Å²) in [6.45, 7) is 0. The molecule has 148 valence electrons. The van der Waals surface area contributed by atoms with Crippen LogP contribution in [0.1, 0.15) is 16.1 Å². The third kappa shape index (κ3) is 3.99. The zero-order chi connectivity index (χ0) is 20.9. The lowest BCUT2D eigenvalue weighted by Crippen LogP contribution is -2.19. The number of nitrogens with one attached hydrogen (secondary N) is 1. The quantitative estimate of drug-likeness (QED) is 0.479. The molecule has 0 atom stereocenters. The fourth-order valence-corrected chi connectivity index (χ4v) is 2.76. The van der Waals surface area contributed by atoms with Gasteiger partial charge in [-0.15, -0.1) is 5.10 Å². The third-order valence-electron chi connectivity index (χ3n) is 4.21. The summed E-state index contributed by atoms with van der Waals surface area (Å²) in [7, 11) is 0. The number of nitrogens with two attached hydrogens (primary N) is 1. The fraction of sp³-hybridized carbons (Fsp3) is 0. The minimum absolute atomic E-state index is 0.146. The molecule has 0 aliphatic heterocycles. The summed E-state index contributed by atoms with van der Waals surface area (Å²) in [4.78, 5) is 24.3. The van der Waals surface area contributed by atoms with E-state index in [0.29, 0.717) is 22.8 Å². The lowest BCUT2D eigenvalue weighted by molar-refractivity contribution is -0.111. The van der Waals surface area contributed by atoms with Crippen molar-refractivity contribution in [3.63, 3.8) is 0 Å². The van der Waals surface area contributed by atoms with E-state index in [9.17, 15) is 9.59 Å². The topological polar surface area (TPSA) is 129 Å². The Balaban J connectivity index is 1.71. The number of amides is 2. The molecule has 0 saturated carbocycles. The molecule has 2 amide bonds. The van der Waals surface area contributed by atoms with Crippen molar-refractivity contribution in [2.24, 2.45) is 5.73 Å². The van der Waals surface area contributed by atoms with Crippen molar-refractivity contribution in [3.05, 3.63) is 84.3 Å². The SMILES string of the molecule is NC(=O)c1ccc(NC(=O)C(=Cc2ccco2)n2nnnc2-c2ccccc2)cc1. The molecule has 30 heavy (non-hydrogen) atoms. The first-order valence-corrected chi connectivity index (χ1v) is 8.92. The molecule has 0 bridgehead atoms.